The fraction of sp³-hybridized carbons (Fsp3) is 0.312. The molecule has 5 heteroatoms. The number of amides is 1. The average molecular weight is 305 g/mol. The molecule has 0 bridgehead atoms. The van der Waals surface area contributed by atoms with Gasteiger partial charge in [0.25, 0.3) is 0 Å². The Morgan fingerprint density at radius 1 is 1.24 bits per heavy atom. The number of carbonyl (C=O) groups excluding carboxylic acids is 1. The summed E-state index contributed by atoms with van der Waals surface area (Å²) in [5.41, 5.74) is 2.11. The van der Waals surface area contributed by atoms with Gasteiger partial charge in [0.1, 0.15) is 0 Å². The highest BCUT2D eigenvalue weighted by Crippen LogP contribution is 2.30. The predicted octanol–water partition coefficient (Wildman–Crippen LogP) is 3.01. The van der Waals surface area contributed by atoms with Crippen LogP contribution < -0.4 is 14.8 Å². The fourth-order valence-corrected chi connectivity index (χ4v) is 2.77. The maximum atomic E-state index is 11.9. The Morgan fingerprint density at radius 2 is 2.10 bits per heavy atom. The van der Waals surface area contributed by atoms with Gasteiger partial charge < -0.3 is 14.8 Å². The zero-order chi connectivity index (χ0) is 15.1. The van der Waals surface area contributed by atoms with Crippen LogP contribution >= 0.6 is 11.3 Å². The summed E-state index contributed by atoms with van der Waals surface area (Å²) in [5, 5.41) is 7.01. The molecule has 0 aliphatic heterocycles. The van der Waals surface area contributed by atoms with E-state index in [9.17, 15) is 4.79 Å². The molecule has 0 aliphatic carbocycles. The lowest BCUT2D eigenvalue weighted by Crippen LogP contribution is -2.23. The lowest BCUT2D eigenvalue weighted by Gasteiger charge is -2.13. The van der Waals surface area contributed by atoms with Gasteiger partial charge in [0.05, 0.1) is 14.2 Å². The minimum Gasteiger partial charge on any atom is -0.493 e. The molecule has 112 valence electrons. The van der Waals surface area contributed by atoms with E-state index in [4.69, 9.17) is 9.47 Å². The molecule has 4 nitrogen and oxygen atoms in total. The smallest absolute Gasteiger partial charge is 0.220 e. The molecular formula is C16H19NO3S. The Morgan fingerprint density at radius 3 is 2.76 bits per heavy atom. The van der Waals surface area contributed by atoms with Crippen molar-refractivity contribution < 1.29 is 14.3 Å². The molecule has 1 amide bonds. The number of nitrogens with one attached hydrogen (secondary N) is 1. The molecular weight excluding hydrogens is 286 g/mol. The summed E-state index contributed by atoms with van der Waals surface area (Å²) >= 11 is 1.65. The first kappa shape index (κ1) is 15.4. The van der Waals surface area contributed by atoms with E-state index in [-0.39, 0.29) is 5.91 Å². The third kappa shape index (κ3) is 4.23. The second-order valence-corrected chi connectivity index (χ2v) is 5.34. The summed E-state index contributed by atoms with van der Waals surface area (Å²) in [6.07, 6.45) is 1.26. The molecule has 0 saturated carbocycles. The van der Waals surface area contributed by atoms with Crippen molar-refractivity contribution in [3.05, 3.63) is 46.2 Å². The second kappa shape index (κ2) is 7.69. The number of ether oxygens (including phenoxy) is 2. The molecule has 0 fully saturated rings. The normalized spacial score (nSPS) is 10.2. The number of hydrogen-bond donors (Lipinski definition) is 1. The molecule has 0 saturated heterocycles. The van der Waals surface area contributed by atoms with Crippen LogP contribution in [0.15, 0.2) is 35.0 Å². The maximum Gasteiger partial charge on any atom is 0.220 e. The zero-order valence-corrected chi connectivity index (χ0v) is 13.0. The first-order valence-corrected chi connectivity index (χ1v) is 7.66. The Balaban J connectivity index is 1.89. The number of methoxy groups -OCH3 is 2. The van der Waals surface area contributed by atoms with Gasteiger partial charge in [-0.25, -0.2) is 0 Å². The van der Waals surface area contributed by atoms with E-state index in [0.717, 1.165) is 12.0 Å². The van der Waals surface area contributed by atoms with Crippen molar-refractivity contribution in [2.75, 3.05) is 14.2 Å². The van der Waals surface area contributed by atoms with E-state index in [1.165, 1.54) is 5.56 Å². The third-order valence-electron chi connectivity index (χ3n) is 3.18. The second-order valence-electron chi connectivity index (χ2n) is 4.56. The third-order valence-corrected chi connectivity index (χ3v) is 3.91. The molecule has 1 N–H and O–H groups in total. The number of para-hydroxylation sites is 1. The quantitative estimate of drug-likeness (QED) is 0.855. The van der Waals surface area contributed by atoms with Crippen LogP contribution in [0.1, 0.15) is 17.5 Å². The lowest BCUT2D eigenvalue weighted by atomic mass is 10.1. The van der Waals surface area contributed by atoms with Crippen LogP contribution in [0.4, 0.5) is 0 Å². The molecule has 1 aromatic heterocycles. The monoisotopic (exact) mass is 305 g/mol. The molecule has 21 heavy (non-hydrogen) atoms. The Labute approximate surface area is 128 Å². The van der Waals surface area contributed by atoms with E-state index in [1.54, 1.807) is 25.6 Å². The van der Waals surface area contributed by atoms with E-state index in [2.05, 4.69) is 10.7 Å². The van der Waals surface area contributed by atoms with Crippen LogP contribution in [-0.4, -0.2) is 20.1 Å². The van der Waals surface area contributed by atoms with Crippen molar-refractivity contribution in [2.24, 2.45) is 0 Å². The molecule has 0 unspecified atom stereocenters. The van der Waals surface area contributed by atoms with Crippen molar-refractivity contribution in [1.82, 2.24) is 5.32 Å². The number of aryl methyl sites for hydroxylation is 1. The molecule has 0 atom stereocenters. The van der Waals surface area contributed by atoms with Crippen LogP contribution in [0.3, 0.4) is 0 Å². The Bertz CT molecular complexity index is 581. The van der Waals surface area contributed by atoms with Crippen molar-refractivity contribution in [1.29, 1.82) is 0 Å². The molecule has 0 spiro atoms. The summed E-state index contributed by atoms with van der Waals surface area (Å²) in [6.45, 7) is 0.433. The Kier molecular flexibility index (Phi) is 5.63. The first-order valence-electron chi connectivity index (χ1n) is 6.72. The highest BCUT2D eigenvalue weighted by atomic mass is 32.1. The van der Waals surface area contributed by atoms with Crippen LogP contribution in [0, 0.1) is 0 Å². The van der Waals surface area contributed by atoms with Gasteiger partial charge in [0, 0.05) is 18.5 Å². The Hall–Kier alpha value is -2.01. The van der Waals surface area contributed by atoms with Crippen molar-refractivity contribution >= 4 is 17.2 Å². The molecule has 0 radical (unpaired) electrons. The molecule has 2 rings (SSSR count). The minimum atomic E-state index is 0.0334. The minimum absolute atomic E-state index is 0.0334. The van der Waals surface area contributed by atoms with Gasteiger partial charge in [0.15, 0.2) is 11.5 Å². The summed E-state index contributed by atoms with van der Waals surface area (Å²) in [5.74, 6) is 1.37. The van der Waals surface area contributed by atoms with E-state index < -0.39 is 0 Å². The van der Waals surface area contributed by atoms with Gasteiger partial charge in [0.2, 0.25) is 5.91 Å². The van der Waals surface area contributed by atoms with Gasteiger partial charge in [-0.3, -0.25) is 4.79 Å². The highest BCUT2D eigenvalue weighted by Gasteiger charge is 2.10. The SMILES string of the molecule is COc1cccc(CNC(=O)CCc2ccsc2)c1OC. The summed E-state index contributed by atoms with van der Waals surface area (Å²) in [7, 11) is 3.20. The first-order chi connectivity index (χ1) is 10.2. The van der Waals surface area contributed by atoms with E-state index >= 15 is 0 Å². The average Bonchev–Trinajstić information content (AvgIpc) is 3.03. The van der Waals surface area contributed by atoms with Crippen molar-refractivity contribution in [2.45, 2.75) is 19.4 Å². The summed E-state index contributed by atoms with van der Waals surface area (Å²) in [6, 6.07) is 7.68. The summed E-state index contributed by atoms with van der Waals surface area (Å²) < 4.78 is 10.6. The number of benzene rings is 1. The van der Waals surface area contributed by atoms with Gasteiger partial charge in [-0.2, -0.15) is 11.3 Å². The maximum absolute atomic E-state index is 11.9. The standard InChI is InChI=1S/C16H19NO3S/c1-19-14-5-3-4-13(16(14)20-2)10-17-15(18)7-6-12-8-9-21-11-12/h3-5,8-9,11H,6-7,10H2,1-2H3,(H,17,18). The van der Waals surface area contributed by atoms with Gasteiger partial charge in [-0.15, -0.1) is 0 Å². The predicted molar refractivity (Wildman–Crippen MR) is 84.0 cm³/mol. The van der Waals surface area contributed by atoms with Crippen LogP contribution in [0.25, 0.3) is 0 Å². The zero-order valence-electron chi connectivity index (χ0n) is 12.2. The number of hydrogen-bond acceptors (Lipinski definition) is 4. The largest absolute Gasteiger partial charge is 0.493 e. The molecule has 0 aliphatic rings. The van der Waals surface area contributed by atoms with Gasteiger partial charge >= 0.3 is 0 Å². The summed E-state index contributed by atoms with van der Waals surface area (Å²) in [4.78, 5) is 11.9. The van der Waals surface area contributed by atoms with Gasteiger partial charge in [-0.05, 0) is 34.9 Å². The van der Waals surface area contributed by atoms with Crippen LogP contribution in [-0.2, 0) is 17.8 Å². The van der Waals surface area contributed by atoms with E-state index in [0.29, 0.717) is 24.5 Å². The van der Waals surface area contributed by atoms with Crippen LogP contribution in [0.5, 0.6) is 11.5 Å². The van der Waals surface area contributed by atoms with Gasteiger partial charge in [-0.1, -0.05) is 12.1 Å². The number of thiophene rings is 1. The fourth-order valence-electron chi connectivity index (χ4n) is 2.07. The highest BCUT2D eigenvalue weighted by molar-refractivity contribution is 7.07. The number of carbonyl (C=O) groups is 1. The number of rotatable bonds is 7. The van der Waals surface area contributed by atoms with E-state index in [1.807, 2.05) is 29.6 Å². The molecule has 1 aromatic carbocycles. The van der Waals surface area contributed by atoms with Crippen molar-refractivity contribution in [3.8, 4) is 11.5 Å². The lowest BCUT2D eigenvalue weighted by molar-refractivity contribution is -0.121. The van der Waals surface area contributed by atoms with Crippen molar-refractivity contribution in [3.63, 3.8) is 0 Å². The molecule has 1 heterocycles. The topological polar surface area (TPSA) is 47.6 Å². The molecule has 2 aromatic rings. The van der Waals surface area contributed by atoms with Crippen LogP contribution in [0.2, 0.25) is 0 Å².